The number of hydrogen-bond donors (Lipinski definition) is 0. The molecule has 0 radical (unpaired) electrons. The second-order valence-corrected chi connectivity index (χ2v) is 6.06. The van der Waals surface area contributed by atoms with Gasteiger partial charge in [-0.3, -0.25) is 4.68 Å². The lowest BCUT2D eigenvalue weighted by molar-refractivity contribution is 0.402. The van der Waals surface area contributed by atoms with Crippen LogP contribution in [0.2, 0.25) is 0 Å². The van der Waals surface area contributed by atoms with Crippen molar-refractivity contribution in [1.82, 2.24) is 19.2 Å². The van der Waals surface area contributed by atoms with Crippen molar-refractivity contribution >= 4 is 15.5 Å². The van der Waals surface area contributed by atoms with E-state index in [-0.39, 0.29) is 15.7 Å². The third-order valence-corrected chi connectivity index (χ3v) is 4.86. The maximum absolute atomic E-state index is 12.7. The number of sulfone groups is 1. The van der Waals surface area contributed by atoms with E-state index in [1.54, 1.807) is 29.9 Å². The monoisotopic (exact) mass is 292 g/mol. The fourth-order valence-electron chi connectivity index (χ4n) is 2.02. The molecule has 0 fully saturated rings. The predicted octanol–water partition coefficient (Wildman–Crippen LogP) is 0.909. The Hall–Kier alpha value is -2.35. The molecule has 0 bridgehead atoms. The molecule has 3 rings (SSSR count). The second-order valence-electron chi connectivity index (χ2n) is 4.20. The zero-order valence-electron chi connectivity index (χ0n) is 10.9. The summed E-state index contributed by atoms with van der Waals surface area (Å²) in [4.78, 5) is 4.18. The van der Waals surface area contributed by atoms with E-state index in [0.29, 0.717) is 5.65 Å². The molecule has 3 aromatic rings. The van der Waals surface area contributed by atoms with Crippen LogP contribution < -0.4 is 4.74 Å². The zero-order valence-corrected chi connectivity index (χ0v) is 11.7. The van der Waals surface area contributed by atoms with Crippen LogP contribution in [0.25, 0.3) is 5.65 Å². The quantitative estimate of drug-likeness (QED) is 0.717. The second kappa shape index (κ2) is 4.34. The van der Waals surface area contributed by atoms with Crippen molar-refractivity contribution in [1.29, 1.82) is 0 Å². The summed E-state index contributed by atoms with van der Waals surface area (Å²) in [6.07, 6.45) is 6.20. The molecule has 0 aromatic carbocycles. The summed E-state index contributed by atoms with van der Waals surface area (Å²) in [5.41, 5.74) is 0.616. The third-order valence-electron chi connectivity index (χ3n) is 3.02. The molecule has 104 valence electrons. The first-order chi connectivity index (χ1) is 9.54. The smallest absolute Gasteiger partial charge is 0.228 e. The lowest BCUT2D eigenvalue weighted by Gasteiger charge is -2.10. The van der Waals surface area contributed by atoms with Crippen molar-refractivity contribution in [2.24, 2.45) is 7.05 Å². The van der Waals surface area contributed by atoms with Crippen LogP contribution >= 0.6 is 0 Å². The fourth-order valence-corrected chi connectivity index (χ4v) is 3.54. The minimum absolute atomic E-state index is 0.0779. The number of hydrogen-bond acceptors (Lipinski definition) is 5. The maximum Gasteiger partial charge on any atom is 0.228 e. The molecule has 0 unspecified atom stereocenters. The van der Waals surface area contributed by atoms with Crippen LogP contribution in [0.15, 0.2) is 46.8 Å². The van der Waals surface area contributed by atoms with Crippen LogP contribution in [0.5, 0.6) is 5.75 Å². The van der Waals surface area contributed by atoms with Gasteiger partial charge in [0.1, 0.15) is 16.3 Å². The Kier molecular flexibility index (Phi) is 2.75. The molecule has 0 aliphatic carbocycles. The molecular formula is C12H12N4O3S. The molecule has 0 N–H and O–H groups in total. The first-order valence-electron chi connectivity index (χ1n) is 5.78. The largest absolute Gasteiger partial charge is 0.495 e. The summed E-state index contributed by atoms with van der Waals surface area (Å²) in [5.74, 6) is 0.255. The van der Waals surface area contributed by atoms with E-state index in [2.05, 4.69) is 10.1 Å². The summed E-state index contributed by atoms with van der Waals surface area (Å²) in [6, 6.07) is 3.04. The summed E-state index contributed by atoms with van der Waals surface area (Å²) in [6.45, 7) is 0. The average molecular weight is 292 g/mol. The van der Waals surface area contributed by atoms with E-state index in [1.807, 2.05) is 0 Å². The van der Waals surface area contributed by atoms with E-state index >= 15 is 0 Å². The van der Waals surface area contributed by atoms with E-state index in [4.69, 9.17) is 4.74 Å². The molecule has 3 heterocycles. The van der Waals surface area contributed by atoms with Crippen molar-refractivity contribution in [3.8, 4) is 5.75 Å². The topological polar surface area (TPSA) is 78.5 Å². The third kappa shape index (κ3) is 1.76. The van der Waals surface area contributed by atoms with E-state index in [0.717, 1.165) is 0 Å². The van der Waals surface area contributed by atoms with Crippen LogP contribution in [0.1, 0.15) is 0 Å². The van der Waals surface area contributed by atoms with Crippen molar-refractivity contribution in [3.05, 3.63) is 36.9 Å². The highest BCUT2D eigenvalue weighted by molar-refractivity contribution is 7.91. The first kappa shape index (κ1) is 12.7. The van der Waals surface area contributed by atoms with Gasteiger partial charge in [0.25, 0.3) is 0 Å². The van der Waals surface area contributed by atoms with Gasteiger partial charge in [0.2, 0.25) is 9.84 Å². The van der Waals surface area contributed by atoms with Crippen LogP contribution in [-0.4, -0.2) is 34.7 Å². The minimum Gasteiger partial charge on any atom is -0.495 e. The van der Waals surface area contributed by atoms with Crippen LogP contribution in [-0.2, 0) is 16.9 Å². The molecular weight excluding hydrogens is 280 g/mol. The van der Waals surface area contributed by atoms with Gasteiger partial charge >= 0.3 is 0 Å². The highest BCUT2D eigenvalue weighted by Gasteiger charge is 2.26. The lowest BCUT2D eigenvalue weighted by Crippen LogP contribution is -2.10. The van der Waals surface area contributed by atoms with E-state index < -0.39 is 9.84 Å². The van der Waals surface area contributed by atoms with E-state index in [1.165, 1.54) is 30.3 Å². The number of aryl methyl sites for hydroxylation is 1. The number of imidazole rings is 1. The summed E-state index contributed by atoms with van der Waals surface area (Å²) in [5, 5.41) is 4.00. The number of nitrogens with zero attached hydrogens (tertiary/aromatic N) is 4. The van der Waals surface area contributed by atoms with Crippen molar-refractivity contribution in [2.45, 2.75) is 9.92 Å². The molecule has 0 spiro atoms. The Morgan fingerprint density at radius 3 is 2.75 bits per heavy atom. The molecule has 7 nitrogen and oxygen atoms in total. The first-order valence-corrected chi connectivity index (χ1v) is 7.26. The summed E-state index contributed by atoms with van der Waals surface area (Å²) in [7, 11) is -0.705. The van der Waals surface area contributed by atoms with Crippen LogP contribution in [0, 0.1) is 0 Å². The van der Waals surface area contributed by atoms with Gasteiger partial charge in [0.05, 0.1) is 13.3 Å². The molecule has 0 atom stereocenters. The van der Waals surface area contributed by atoms with Gasteiger partial charge in [-0.05, 0) is 6.07 Å². The van der Waals surface area contributed by atoms with Gasteiger partial charge in [-0.15, -0.1) is 0 Å². The van der Waals surface area contributed by atoms with Crippen LogP contribution in [0.3, 0.4) is 0 Å². The standard InChI is InChI=1S/C12H12N4O3S/c1-15-12(3-4-14-15)20(17,18)10-8-16-6-5-13-11(16)7-9(10)19-2/h3-8H,1-2H3. The molecule has 20 heavy (non-hydrogen) atoms. The van der Waals surface area contributed by atoms with Gasteiger partial charge in [0, 0.05) is 31.7 Å². The van der Waals surface area contributed by atoms with Gasteiger partial charge < -0.3 is 9.14 Å². The van der Waals surface area contributed by atoms with Gasteiger partial charge in [0.15, 0.2) is 5.03 Å². The molecule has 0 saturated carbocycles. The van der Waals surface area contributed by atoms with Crippen LogP contribution in [0.4, 0.5) is 0 Å². The normalized spacial score (nSPS) is 11.9. The molecule has 0 saturated heterocycles. The Morgan fingerprint density at radius 2 is 2.10 bits per heavy atom. The number of methoxy groups -OCH3 is 1. The minimum atomic E-state index is -3.71. The highest BCUT2D eigenvalue weighted by atomic mass is 32.2. The molecule has 0 aliphatic heterocycles. The predicted molar refractivity (Wildman–Crippen MR) is 70.4 cm³/mol. The molecule has 0 amide bonds. The Morgan fingerprint density at radius 1 is 1.30 bits per heavy atom. The molecule has 0 aliphatic rings. The summed E-state index contributed by atoms with van der Waals surface area (Å²) < 4.78 is 33.5. The maximum atomic E-state index is 12.7. The number of rotatable bonds is 3. The number of ether oxygens (including phenoxy) is 1. The highest BCUT2D eigenvalue weighted by Crippen LogP contribution is 2.29. The lowest BCUT2D eigenvalue weighted by atomic mass is 10.4. The number of fused-ring (bicyclic) bond motifs is 1. The van der Waals surface area contributed by atoms with Gasteiger partial charge in [-0.1, -0.05) is 0 Å². The van der Waals surface area contributed by atoms with Gasteiger partial charge in [-0.2, -0.15) is 5.10 Å². The molecule has 3 aromatic heterocycles. The van der Waals surface area contributed by atoms with Crippen molar-refractivity contribution in [3.63, 3.8) is 0 Å². The SMILES string of the molecule is COc1cc2nccn2cc1S(=O)(=O)c1ccnn1C. The fraction of sp³-hybridized carbons (Fsp3) is 0.167. The van der Waals surface area contributed by atoms with Crippen molar-refractivity contribution < 1.29 is 13.2 Å². The Balaban J connectivity index is 2.30. The Labute approximate surface area is 115 Å². The summed E-state index contributed by atoms with van der Waals surface area (Å²) >= 11 is 0. The number of pyridine rings is 1. The average Bonchev–Trinajstić information content (AvgIpc) is 3.04. The van der Waals surface area contributed by atoms with Crippen molar-refractivity contribution in [2.75, 3.05) is 7.11 Å². The Bertz CT molecular complexity index is 879. The molecule has 8 heteroatoms. The zero-order chi connectivity index (χ0) is 14.3. The number of aromatic nitrogens is 4. The van der Waals surface area contributed by atoms with E-state index in [9.17, 15) is 8.42 Å². The van der Waals surface area contributed by atoms with Gasteiger partial charge in [-0.25, -0.2) is 13.4 Å².